The molecule has 1 heterocycles. The Morgan fingerprint density at radius 2 is 1.85 bits per heavy atom. The van der Waals surface area contributed by atoms with E-state index in [0.717, 1.165) is 14.8 Å². The molecule has 0 aliphatic carbocycles. The van der Waals surface area contributed by atoms with Gasteiger partial charge in [0.15, 0.2) is 4.34 Å². The monoisotopic (exact) mass is 416 g/mol. The first-order chi connectivity index (χ1) is 13.1. The average Bonchev–Trinajstić information content (AvgIpc) is 3.13. The second-order valence-electron chi connectivity index (χ2n) is 5.26. The minimum absolute atomic E-state index is 0.191. The first-order valence-corrected chi connectivity index (χ1v) is 10.5. The van der Waals surface area contributed by atoms with Gasteiger partial charge in [-0.15, -0.1) is 22.0 Å². The number of halogens is 1. The maximum Gasteiger partial charge on any atom is 0.236 e. The summed E-state index contributed by atoms with van der Waals surface area (Å²) < 4.78 is 13.6. The lowest BCUT2D eigenvalue weighted by atomic mass is 10.2. The topological polar surface area (TPSA) is 78.7 Å². The number of aromatic nitrogens is 2. The fraction of sp³-hybridized carbons (Fsp3) is 0.111. The van der Waals surface area contributed by atoms with Crippen molar-refractivity contribution < 1.29 is 9.18 Å². The van der Waals surface area contributed by atoms with E-state index in [1.807, 2.05) is 12.1 Å². The fourth-order valence-electron chi connectivity index (χ4n) is 1.97. The third kappa shape index (κ3) is 6.06. The average molecular weight is 417 g/mol. The van der Waals surface area contributed by atoms with Crippen LogP contribution in [-0.4, -0.2) is 21.9 Å². The number of benzene rings is 2. The minimum atomic E-state index is -0.302. The van der Waals surface area contributed by atoms with Crippen LogP contribution < -0.4 is 5.32 Å². The van der Waals surface area contributed by atoms with Gasteiger partial charge in [-0.05, 0) is 42.0 Å². The van der Waals surface area contributed by atoms with Crippen LogP contribution >= 0.6 is 34.9 Å². The van der Waals surface area contributed by atoms with E-state index < -0.39 is 0 Å². The predicted molar refractivity (Wildman–Crippen MR) is 106 cm³/mol. The lowest BCUT2D eigenvalue weighted by Gasteiger charge is -2.01. The highest BCUT2D eigenvalue weighted by Crippen LogP contribution is 2.28. The molecule has 0 atom stereocenters. The van der Waals surface area contributed by atoms with E-state index in [1.165, 1.54) is 47.0 Å². The highest BCUT2D eigenvalue weighted by Gasteiger charge is 2.09. The molecule has 0 aliphatic heterocycles. The van der Waals surface area contributed by atoms with Crippen LogP contribution in [0.1, 0.15) is 11.1 Å². The Kier molecular flexibility index (Phi) is 6.81. The normalized spacial score (nSPS) is 10.4. The van der Waals surface area contributed by atoms with Crippen molar-refractivity contribution in [1.29, 1.82) is 5.26 Å². The van der Waals surface area contributed by atoms with Crippen LogP contribution in [0, 0.1) is 17.1 Å². The van der Waals surface area contributed by atoms with Crippen LogP contribution in [-0.2, 0) is 10.5 Å². The summed E-state index contributed by atoms with van der Waals surface area (Å²) in [6.45, 7) is 0. The Morgan fingerprint density at radius 1 is 1.11 bits per heavy atom. The highest BCUT2D eigenvalue weighted by atomic mass is 32.2. The van der Waals surface area contributed by atoms with Crippen molar-refractivity contribution in [3.63, 3.8) is 0 Å². The molecular formula is C18H13FN4OS3. The van der Waals surface area contributed by atoms with Crippen LogP contribution in [0.4, 0.5) is 9.52 Å². The molecule has 0 saturated heterocycles. The standard InChI is InChI=1S/C18H13FN4OS3/c19-14-5-7-15(8-6-14)25-11-16(24)21-17-22-23-18(27-17)26-10-13-3-1-12(9-20)2-4-13/h1-8H,10-11H2,(H,21,22,24). The molecule has 3 rings (SSSR count). The molecule has 1 N–H and O–H groups in total. The van der Waals surface area contributed by atoms with E-state index in [-0.39, 0.29) is 17.5 Å². The van der Waals surface area contributed by atoms with Crippen molar-refractivity contribution >= 4 is 45.9 Å². The third-order valence-electron chi connectivity index (χ3n) is 3.28. The number of nitriles is 1. The first kappa shape index (κ1) is 19.4. The molecule has 0 aliphatic rings. The van der Waals surface area contributed by atoms with Crippen molar-refractivity contribution in [2.24, 2.45) is 0 Å². The van der Waals surface area contributed by atoms with Crippen LogP contribution in [0.5, 0.6) is 0 Å². The van der Waals surface area contributed by atoms with Crippen LogP contribution in [0.15, 0.2) is 57.8 Å². The molecule has 136 valence electrons. The molecule has 0 bridgehead atoms. The molecule has 0 saturated carbocycles. The van der Waals surface area contributed by atoms with Gasteiger partial charge < -0.3 is 0 Å². The van der Waals surface area contributed by atoms with Gasteiger partial charge in [-0.3, -0.25) is 10.1 Å². The molecule has 0 spiro atoms. The maximum absolute atomic E-state index is 12.9. The number of nitrogens with zero attached hydrogens (tertiary/aromatic N) is 3. The minimum Gasteiger partial charge on any atom is -0.300 e. The summed E-state index contributed by atoms with van der Waals surface area (Å²) in [7, 11) is 0. The molecule has 1 amide bonds. The summed E-state index contributed by atoms with van der Waals surface area (Å²) in [5, 5.41) is 20.0. The van der Waals surface area contributed by atoms with Crippen molar-refractivity contribution in [1.82, 2.24) is 10.2 Å². The summed E-state index contributed by atoms with van der Waals surface area (Å²) in [5.41, 5.74) is 1.71. The van der Waals surface area contributed by atoms with Gasteiger partial charge in [-0.1, -0.05) is 35.2 Å². The smallest absolute Gasteiger partial charge is 0.236 e. The summed E-state index contributed by atoms with van der Waals surface area (Å²) in [6, 6.07) is 15.4. The summed E-state index contributed by atoms with van der Waals surface area (Å²) in [5.74, 6) is 0.418. The number of carbonyl (C=O) groups excluding carboxylic acids is 1. The highest BCUT2D eigenvalue weighted by molar-refractivity contribution is 8.00. The molecule has 3 aromatic rings. The number of thioether (sulfide) groups is 2. The molecule has 0 radical (unpaired) electrons. The zero-order chi connectivity index (χ0) is 19.1. The SMILES string of the molecule is N#Cc1ccc(CSc2nnc(NC(=O)CSc3ccc(F)cc3)s2)cc1. The van der Waals surface area contributed by atoms with E-state index in [4.69, 9.17) is 5.26 Å². The van der Waals surface area contributed by atoms with E-state index in [2.05, 4.69) is 21.6 Å². The molecule has 0 unspecified atom stereocenters. The first-order valence-electron chi connectivity index (χ1n) is 7.76. The van der Waals surface area contributed by atoms with Crippen LogP contribution in [0.2, 0.25) is 0 Å². The number of rotatable bonds is 7. The largest absolute Gasteiger partial charge is 0.300 e. The van der Waals surface area contributed by atoms with Crippen molar-refractivity contribution in [3.05, 3.63) is 65.5 Å². The summed E-state index contributed by atoms with van der Waals surface area (Å²) in [6.07, 6.45) is 0. The molecule has 9 heteroatoms. The van der Waals surface area contributed by atoms with Crippen molar-refractivity contribution in [2.45, 2.75) is 15.0 Å². The molecule has 5 nitrogen and oxygen atoms in total. The quantitative estimate of drug-likeness (QED) is 0.449. The van der Waals surface area contributed by atoms with Gasteiger partial charge in [-0.25, -0.2) is 4.39 Å². The Labute approximate surface area is 168 Å². The van der Waals surface area contributed by atoms with Gasteiger partial charge in [0.05, 0.1) is 17.4 Å². The predicted octanol–water partition coefficient (Wildman–Crippen LogP) is 4.57. The van der Waals surface area contributed by atoms with E-state index >= 15 is 0 Å². The van der Waals surface area contributed by atoms with Crippen LogP contribution in [0.3, 0.4) is 0 Å². The number of nitrogens with one attached hydrogen (secondary N) is 1. The molecule has 1 aromatic heterocycles. The lowest BCUT2D eigenvalue weighted by Crippen LogP contribution is -2.13. The Balaban J connectivity index is 1.46. The van der Waals surface area contributed by atoms with Gasteiger partial charge in [0.1, 0.15) is 5.82 Å². The van der Waals surface area contributed by atoms with E-state index in [1.54, 1.807) is 24.3 Å². The number of carbonyl (C=O) groups is 1. The van der Waals surface area contributed by atoms with E-state index in [0.29, 0.717) is 16.4 Å². The molecule has 27 heavy (non-hydrogen) atoms. The number of anilines is 1. The van der Waals surface area contributed by atoms with Gasteiger partial charge in [0.2, 0.25) is 11.0 Å². The molecular weight excluding hydrogens is 403 g/mol. The summed E-state index contributed by atoms with van der Waals surface area (Å²) in [4.78, 5) is 12.8. The Morgan fingerprint density at radius 3 is 2.56 bits per heavy atom. The second-order valence-corrected chi connectivity index (χ2v) is 8.51. The summed E-state index contributed by atoms with van der Waals surface area (Å²) >= 11 is 4.15. The maximum atomic E-state index is 12.9. The lowest BCUT2D eigenvalue weighted by molar-refractivity contribution is -0.113. The fourth-order valence-corrected chi connectivity index (χ4v) is 4.40. The van der Waals surface area contributed by atoms with Gasteiger partial charge in [0.25, 0.3) is 0 Å². The van der Waals surface area contributed by atoms with Crippen molar-refractivity contribution in [2.75, 3.05) is 11.1 Å². The zero-order valence-electron chi connectivity index (χ0n) is 13.9. The van der Waals surface area contributed by atoms with Crippen LogP contribution in [0.25, 0.3) is 0 Å². The van der Waals surface area contributed by atoms with Crippen molar-refractivity contribution in [3.8, 4) is 6.07 Å². The van der Waals surface area contributed by atoms with Gasteiger partial charge in [-0.2, -0.15) is 5.26 Å². The van der Waals surface area contributed by atoms with E-state index in [9.17, 15) is 9.18 Å². The zero-order valence-corrected chi connectivity index (χ0v) is 16.3. The third-order valence-corrected chi connectivity index (χ3v) is 6.34. The Hall–Kier alpha value is -2.41. The molecule has 0 fully saturated rings. The second kappa shape index (κ2) is 9.50. The number of hydrogen-bond acceptors (Lipinski definition) is 7. The molecule has 2 aromatic carbocycles. The van der Waals surface area contributed by atoms with Gasteiger partial charge in [0, 0.05) is 10.6 Å². The Bertz CT molecular complexity index is 952. The number of hydrogen-bond donors (Lipinski definition) is 1. The van der Waals surface area contributed by atoms with Gasteiger partial charge >= 0.3 is 0 Å². The number of amides is 1.